The Bertz CT molecular complexity index is 584. The molecule has 0 amide bonds. The summed E-state index contributed by atoms with van der Waals surface area (Å²) in [4.78, 5) is 12.9. The maximum atomic E-state index is 12.9. The van der Waals surface area contributed by atoms with Crippen LogP contribution in [0.2, 0.25) is 0 Å². The number of carbonyl (C=O) groups is 1. The van der Waals surface area contributed by atoms with Gasteiger partial charge in [-0.05, 0) is 30.9 Å². The van der Waals surface area contributed by atoms with E-state index in [-0.39, 0.29) is 6.42 Å². The number of aliphatic hydroxyl groups is 2. The van der Waals surface area contributed by atoms with Gasteiger partial charge in [0.15, 0.2) is 5.60 Å². The van der Waals surface area contributed by atoms with Gasteiger partial charge in [0.1, 0.15) is 17.5 Å². The third-order valence-electron chi connectivity index (χ3n) is 4.90. The molecule has 2 aliphatic rings. The first-order chi connectivity index (χ1) is 9.99. The molecule has 0 aromatic heterocycles. The van der Waals surface area contributed by atoms with Crippen molar-refractivity contribution in [2.75, 3.05) is 14.2 Å². The molecule has 0 heterocycles. The average Bonchev–Trinajstić information content (AvgIpc) is 2.49. The third kappa shape index (κ3) is 1.71. The van der Waals surface area contributed by atoms with E-state index in [1.165, 1.54) is 14.2 Å². The highest BCUT2D eigenvalue weighted by Gasteiger charge is 2.64. The molecule has 21 heavy (non-hydrogen) atoms. The van der Waals surface area contributed by atoms with Crippen LogP contribution < -0.4 is 4.74 Å². The number of rotatable bonds is 2. The zero-order valence-electron chi connectivity index (χ0n) is 12.3. The second-order valence-corrected chi connectivity index (χ2v) is 5.86. The number of benzene rings is 1. The lowest BCUT2D eigenvalue weighted by Crippen LogP contribution is -2.66. The number of ether oxygens (including phenoxy) is 2. The van der Waals surface area contributed by atoms with Crippen molar-refractivity contribution in [2.24, 2.45) is 0 Å². The highest BCUT2D eigenvalue weighted by Crippen LogP contribution is 2.53. The van der Waals surface area contributed by atoms with E-state index < -0.39 is 23.1 Å². The lowest BCUT2D eigenvalue weighted by molar-refractivity contribution is -0.212. The summed E-state index contributed by atoms with van der Waals surface area (Å²) in [6.07, 6.45) is 1.28. The summed E-state index contributed by atoms with van der Waals surface area (Å²) < 4.78 is 10.7. The Hall–Kier alpha value is -1.43. The molecule has 1 aromatic carbocycles. The molecular formula is C16H20O5. The highest BCUT2D eigenvalue weighted by atomic mass is 16.5. The number of Topliss-reactive ketones (excluding diaryl/α,β-unsaturated/α-hetero) is 1. The van der Waals surface area contributed by atoms with Gasteiger partial charge in [0.2, 0.25) is 5.78 Å². The maximum Gasteiger partial charge on any atom is 0.201 e. The highest BCUT2D eigenvalue weighted by molar-refractivity contribution is 6.08. The van der Waals surface area contributed by atoms with Crippen LogP contribution in [-0.2, 0) is 4.74 Å². The molecule has 2 aliphatic carbocycles. The molecule has 0 radical (unpaired) electrons. The van der Waals surface area contributed by atoms with E-state index in [4.69, 9.17) is 9.47 Å². The topological polar surface area (TPSA) is 76.0 Å². The molecule has 1 fully saturated rings. The van der Waals surface area contributed by atoms with Crippen molar-refractivity contribution in [2.45, 2.75) is 43.0 Å². The van der Waals surface area contributed by atoms with Crippen LogP contribution in [0.15, 0.2) is 18.2 Å². The van der Waals surface area contributed by atoms with Gasteiger partial charge < -0.3 is 19.7 Å². The van der Waals surface area contributed by atoms with Gasteiger partial charge in [-0.3, -0.25) is 4.79 Å². The number of hydrogen-bond acceptors (Lipinski definition) is 5. The van der Waals surface area contributed by atoms with Crippen molar-refractivity contribution in [3.8, 4) is 5.75 Å². The smallest absolute Gasteiger partial charge is 0.201 e. The Morgan fingerprint density at radius 1 is 1.19 bits per heavy atom. The number of ketones is 1. The second kappa shape index (κ2) is 4.80. The molecule has 5 nitrogen and oxygen atoms in total. The molecule has 1 saturated carbocycles. The van der Waals surface area contributed by atoms with E-state index >= 15 is 0 Å². The van der Waals surface area contributed by atoms with Crippen molar-refractivity contribution < 1.29 is 24.5 Å². The molecule has 1 aromatic rings. The molecule has 2 N–H and O–H groups in total. The van der Waals surface area contributed by atoms with Crippen LogP contribution in [0.5, 0.6) is 5.75 Å². The third-order valence-corrected chi connectivity index (χ3v) is 4.90. The van der Waals surface area contributed by atoms with Gasteiger partial charge in [-0.15, -0.1) is 0 Å². The van der Waals surface area contributed by atoms with Crippen molar-refractivity contribution in [1.82, 2.24) is 0 Å². The zero-order valence-corrected chi connectivity index (χ0v) is 12.3. The first kappa shape index (κ1) is 14.5. The zero-order chi connectivity index (χ0) is 15.3. The van der Waals surface area contributed by atoms with Gasteiger partial charge in [-0.1, -0.05) is 18.6 Å². The predicted molar refractivity (Wildman–Crippen MR) is 75.4 cm³/mol. The fourth-order valence-electron chi connectivity index (χ4n) is 3.82. The first-order valence-electron chi connectivity index (χ1n) is 7.19. The van der Waals surface area contributed by atoms with Crippen LogP contribution in [0.25, 0.3) is 0 Å². The van der Waals surface area contributed by atoms with Crippen LogP contribution in [0.4, 0.5) is 0 Å². The lowest BCUT2D eigenvalue weighted by Gasteiger charge is -2.52. The number of fused-ring (bicyclic) bond motifs is 2. The van der Waals surface area contributed by atoms with E-state index in [1.54, 1.807) is 18.2 Å². The Kier molecular flexibility index (Phi) is 3.31. The second-order valence-electron chi connectivity index (χ2n) is 5.86. The van der Waals surface area contributed by atoms with Crippen LogP contribution in [0.3, 0.4) is 0 Å². The molecule has 0 spiro atoms. The van der Waals surface area contributed by atoms with E-state index in [1.807, 2.05) is 0 Å². The minimum atomic E-state index is -1.81. The van der Waals surface area contributed by atoms with Crippen LogP contribution in [0.1, 0.15) is 47.7 Å². The number of methoxy groups -OCH3 is 2. The van der Waals surface area contributed by atoms with Crippen molar-refractivity contribution in [1.29, 1.82) is 0 Å². The molecular weight excluding hydrogens is 272 g/mol. The average molecular weight is 292 g/mol. The Morgan fingerprint density at radius 3 is 2.57 bits per heavy atom. The first-order valence-corrected chi connectivity index (χ1v) is 7.19. The Morgan fingerprint density at radius 2 is 1.90 bits per heavy atom. The molecule has 0 saturated heterocycles. The largest absolute Gasteiger partial charge is 0.496 e. The normalized spacial score (nSPS) is 35.0. The quantitative estimate of drug-likeness (QED) is 0.866. The SMILES string of the molecule is COc1cccc2c1C(=O)[C@]1(O)CCCC[C@]1(O)[C@@H]2OC. The van der Waals surface area contributed by atoms with Crippen LogP contribution in [0, 0.1) is 0 Å². The van der Waals surface area contributed by atoms with Gasteiger partial charge in [-0.25, -0.2) is 0 Å². The van der Waals surface area contributed by atoms with Crippen LogP contribution in [-0.4, -0.2) is 41.4 Å². The fraction of sp³-hybridized carbons (Fsp3) is 0.562. The van der Waals surface area contributed by atoms with Gasteiger partial charge in [0, 0.05) is 7.11 Å². The van der Waals surface area contributed by atoms with Crippen molar-refractivity contribution >= 4 is 5.78 Å². The van der Waals surface area contributed by atoms with E-state index in [0.29, 0.717) is 29.7 Å². The summed E-state index contributed by atoms with van der Waals surface area (Å²) in [6, 6.07) is 5.18. The summed E-state index contributed by atoms with van der Waals surface area (Å²) in [6.45, 7) is 0. The van der Waals surface area contributed by atoms with E-state index in [0.717, 1.165) is 6.42 Å². The van der Waals surface area contributed by atoms with Gasteiger partial charge in [0.25, 0.3) is 0 Å². The van der Waals surface area contributed by atoms with E-state index in [2.05, 4.69) is 0 Å². The molecule has 0 bridgehead atoms. The molecule has 0 aliphatic heterocycles. The molecule has 3 rings (SSSR count). The van der Waals surface area contributed by atoms with Crippen LogP contribution >= 0.6 is 0 Å². The van der Waals surface area contributed by atoms with Crippen molar-refractivity contribution in [3.63, 3.8) is 0 Å². The fourth-order valence-corrected chi connectivity index (χ4v) is 3.82. The van der Waals surface area contributed by atoms with Crippen molar-refractivity contribution in [3.05, 3.63) is 29.3 Å². The summed E-state index contributed by atoms with van der Waals surface area (Å²) in [7, 11) is 2.97. The minimum absolute atomic E-state index is 0.236. The summed E-state index contributed by atoms with van der Waals surface area (Å²) >= 11 is 0. The molecule has 5 heteroatoms. The maximum absolute atomic E-state index is 12.9. The molecule has 114 valence electrons. The summed E-state index contributed by atoms with van der Waals surface area (Å²) in [5.74, 6) is -0.0638. The number of hydrogen-bond donors (Lipinski definition) is 2. The molecule has 3 atom stereocenters. The van der Waals surface area contributed by atoms with Gasteiger partial charge in [-0.2, -0.15) is 0 Å². The Balaban J connectivity index is 2.28. The Labute approximate surface area is 123 Å². The molecule has 0 unspecified atom stereocenters. The minimum Gasteiger partial charge on any atom is -0.496 e. The summed E-state index contributed by atoms with van der Waals surface area (Å²) in [5, 5.41) is 22.0. The lowest BCUT2D eigenvalue weighted by atomic mass is 9.60. The standard InChI is InChI=1S/C16H20O5/c1-20-11-7-5-6-10-12(11)13(17)15(18)8-3-4-9-16(15,19)14(10)21-2/h5-7,14,18-19H,3-4,8-9H2,1-2H3/t14-,15-,16+/m1/s1. The summed E-state index contributed by atoms with van der Waals surface area (Å²) in [5.41, 5.74) is -2.50. The van der Waals surface area contributed by atoms with E-state index in [9.17, 15) is 15.0 Å². The monoisotopic (exact) mass is 292 g/mol. The number of carbonyl (C=O) groups excluding carboxylic acids is 1. The predicted octanol–water partition coefficient (Wildman–Crippen LogP) is 1.62. The van der Waals surface area contributed by atoms with Gasteiger partial charge >= 0.3 is 0 Å². The van der Waals surface area contributed by atoms with Gasteiger partial charge in [0.05, 0.1) is 12.7 Å².